The van der Waals surface area contributed by atoms with E-state index in [1.54, 1.807) is 17.8 Å². The van der Waals surface area contributed by atoms with Crippen molar-refractivity contribution in [1.29, 1.82) is 0 Å². The van der Waals surface area contributed by atoms with Crippen molar-refractivity contribution >= 4 is 21.6 Å². The van der Waals surface area contributed by atoms with Crippen LogP contribution in [0.3, 0.4) is 0 Å². The Labute approximate surface area is 129 Å². The first kappa shape index (κ1) is 14.4. The van der Waals surface area contributed by atoms with Gasteiger partial charge in [-0.05, 0) is 22.0 Å². The molecule has 0 aliphatic carbocycles. The van der Waals surface area contributed by atoms with Crippen molar-refractivity contribution in [2.24, 2.45) is 7.05 Å². The quantitative estimate of drug-likeness (QED) is 0.828. The number of aryl methyl sites for hydroxylation is 1. The van der Waals surface area contributed by atoms with Gasteiger partial charge in [0, 0.05) is 44.7 Å². The number of aliphatic hydroxyl groups is 1. The van der Waals surface area contributed by atoms with Crippen molar-refractivity contribution in [2.75, 3.05) is 18.0 Å². The average molecular weight is 356 g/mol. The molecule has 1 N–H and O–H groups in total. The molecule has 0 unspecified atom stereocenters. The molecule has 1 fully saturated rings. The summed E-state index contributed by atoms with van der Waals surface area (Å²) in [6.45, 7) is 1.22. The van der Waals surface area contributed by atoms with Gasteiger partial charge < -0.3 is 10.0 Å². The normalized spacial score (nSPS) is 18.0. The molecule has 0 spiro atoms. The van der Waals surface area contributed by atoms with E-state index in [2.05, 4.69) is 31.0 Å². The van der Waals surface area contributed by atoms with Gasteiger partial charge in [0.15, 0.2) is 5.82 Å². The average Bonchev–Trinajstić information content (AvgIpc) is 2.85. The summed E-state index contributed by atoms with van der Waals surface area (Å²) in [5.74, 6) is 0.0535. The highest BCUT2D eigenvalue weighted by Crippen LogP contribution is 2.33. The molecule has 6 nitrogen and oxygen atoms in total. The van der Waals surface area contributed by atoms with Crippen LogP contribution in [0.25, 0.3) is 0 Å². The summed E-state index contributed by atoms with van der Waals surface area (Å²) in [7, 11) is 1.77. The van der Waals surface area contributed by atoms with Crippen LogP contribution in [-0.4, -0.2) is 37.9 Å². The molecule has 8 heteroatoms. The Morgan fingerprint density at radius 2 is 2.05 bits per heavy atom. The summed E-state index contributed by atoms with van der Waals surface area (Å²) >= 11 is 3.19. The molecule has 21 heavy (non-hydrogen) atoms. The van der Waals surface area contributed by atoms with Crippen LogP contribution in [0.2, 0.25) is 0 Å². The number of pyridine rings is 1. The zero-order valence-electron chi connectivity index (χ0n) is 11.5. The second kappa shape index (κ2) is 5.34. The van der Waals surface area contributed by atoms with Crippen LogP contribution in [0, 0.1) is 5.95 Å². The Morgan fingerprint density at radius 1 is 1.33 bits per heavy atom. The number of hydrogen-bond donors (Lipinski definition) is 1. The minimum absolute atomic E-state index is 0.464. The molecule has 0 aromatic carbocycles. The van der Waals surface area contributed by atoms with E-state index in [-0.39, 0.29) is 0 Å². The van der Waals surface area contributed by atoms with Gasteiger partial charge in [-0.2, -0.15) is 9.49 Å². The third-order valence-corrected chi connectivity index (χ3v) is 4.24. The van der Waals surface area contributed by atoms with Gasteiger partial charge in [0.2, 0.25) is 5.95 Å². The summed E-state index contributed by atoms with van der Waals surface area (Å²) in [6, 6.07) is 3.17. The predicted octanol–water partition coefficient (Wildman–Crippen LogP) is 1.60. The van der Waals surface area contributed by atoms with Crippen LogP contribution in [0.5, 0.6) is 0 Å². The largest absolute Gasteiger partial charge is 0.382 e. The lowest BCUT2D eigenvalue weighted by molar-refractivity contribution is -0.0000725. The lowest BCUT2D eigenvalue weighted by atomic mass is 9.90. The minimum Gasteiger partial charge on any atom is -0.382 e. The van der Waals surface area contributed by atoms with E-state index in [0.717, 1.165) is 5.69 Å². The van der Waals surface area contributed by atoms with Gasteiger partial charge in [-0.3, -0.25) is 4.68 Å². The Bertz CT molecular complexity index is 634. The van der Waals surface area contributed by atoms with Gasteiger partial charge in [0.1, 0.15) is 16.5 Å². The molecule has 3 rings (SSSR count). The molecule has 0 amide bonds. The number of anilines is 1. The lowest BCUT2D eigenvalue weighted by Gasteiger charge is -2.38. The van der Waals surface area contributed by atoms with Crippen LogP contribution in [0.15, 0.2) is 23.1 Å². The highest BCUT2D eigenvalue weighted by Gasteiger charge is 2.37. The summed E-state index contributed by atoms with van der Waals surface area (Å²) in [5.41, 5.74) is -0.223. The molecule has 1 saturated heterocycles. The maximum absolute atomic E-state index is 13.4. The van der Waals surface area contributed by atoms with Gasteiger partial charge >= 0.3 is 0 Å². The standard InChI is InChI=1S/C13H15BrFN5O/c1-19-12(16-8-17-19)13(21)2-4-20(5-3-13)9-6-10(14)18-11(15)7-9/h6-8,21H,2-5H2,1H3. The van der Waals surface area contributed by atoms with Gasteiger partial charge in [-0.25, -0.2) is 9.97 Å². The second-order valence-corrected chi connectivity index (χ2v) is 6.01. The van der Waals surface area contributed by atoms with E-state index in [9.17, 15) is 9.50 Å². The summed E-state index contributed by atoms with van der Waals surface area (Å²) < 4.78 is 15.4. The van der Waals surface area contributed by atoms with E-state index in [0.29, 0.717) is 36.4 Å². The van der Waals surface area contributed by atoms with Gasteiger partial charge in [-0.1, -0.05) is 0 Å². The smallest absolute Gasteiger partial charge is 0.215 e. The fraction of sp³-hybridized carbons (Fsp3) is 0.462. The lowest BCUT2D eigenvalue weighted by Crippen LogP contribution is -2.44. The number of halogens is 2. The van der Waals surface area contributed by atoms with Crippen LogP contribution < -0.4 is 4.90 Å². The molecule has 2 aromatic heterocycles. The topological polar surface area (TPSA) is 67.1 Å². The molecule has 1 aliphatic rings. The molecule has 0 atom stereocenters. The minimum atomic E-state index is -0.982. The molecule has 2 aromatic rings. The van der Waals surface area contributed by atoms with Crippen LogP contribution >= 0.6 is 15.9 Å². The second-order valence-electron chi connectivity index (χ2n) is 5.20. The number of piperidine rings is 1. The first-order valence-electron chi connectivity index (χ1n) is 6.63. The zero-order chi connectivity index (χ0) is 15.0. The molecule has 3 heterocycles. The summed E-state index contributed by atoms with van der Waals surface area (Å²) in [5, 5.41) is 14.7. The first-order chi connectivity index (χ1) is 9.98. The van der Waals surface area contributed by atoms with Gasteiger partial charge in [0.05, 0.1) is 0 Å². The zero-order valence-corrected chi connectivity index (χ0v) is 13.1. The van der Waals surface area contributed by atoms with Crippen molar-refractivity contribution in [3.8, 4) is 0 Å². The van der Waals surface area contributed by atoms with Gasteiger partial charge in [-0.15, -0.1) is 0 Å². The Morgan fingerprint density at radius 3 is 2.62 bits per heavy atom. The van der Waals surface area contributed by atoms with E-state index in [1.807, 2.05) is 4.90 Å². The molecule has 0 bridgehead atoms. The molecule has 0 saturated carbocycles. The van der Waals surface area contributed by atoms with Crippen LogP contribution in [0.1, 0.15) is 18.7 Å². The van der Waals surface area contributed by atoms with E-state index in [1.165, 1.54) is 12.4 Å². The van der Waals surface area contributed by atoms with Crippen molar-refractivity contribution in [3.63, 3.8) is 0 Å². The monoisotopic (exact) mass is 355 g/mol. The van der Waals surface area contributed by atoms with Gasteiger partial charge in [0.25, 0.3) is 0 Å². The first-order valence-corrected chi connectivity index (χ1v) is 7.42. The maximum atomic E-state index is 13.4. The number of nitrogens with zero attached hydrogens (tertiary/aromatic N) is 5. The Hall–Kier alpha value is -1.54. The van der Waals surface area contributed by atoms with Crippen molar-refractivity contribution in [1.82, 2.24) is 19.7 Å². The van der Waals surface area contributed by atoms with Crippen LogP contribution in [0.4, 0.5) is 10.1 Å². The van der Waals surface area contributed by atoms with E-state index in [4.69, 9.17) is 0 Å². The summed E-state index contributed by atoms with van der Waals surface area (Å²) in [6.07, 6.45) is 2.47. The molecular formula is C13H15BrFN5O. The SMILES string of the molecule is Cn1ncnc1C1(O)CCN(c2cc(F)nc(Br)c2)CC1. The van der Waals surface area contributed by atoms with E-state index < -0.39 is 11.5 Å². The van der Waals surface area contributed by atoms with Crippen molar-refractivity contribution in [3.05, 3.63) is 34.8 Å². The predicted molar refractivity (Wildman–Crippen MR) is 78.2 cm³/mol. The highest BCUT2D eigenvalue weighted by molar-refractivity contribution is 9.10. The van der Waals surface area contributed by atoms with E-state index >= 15 is 0 Å². The fourth-order valence-electron chi connectivity index (χ4n) is 2.71. The number of hydrogen-bond acceptors (Lipinski definition) is 5. The third-order valence-electron chi connectivity index (χ3n) is 3.83. The van der Waals surface area contributed by atoms with Crippen molar-refractivity contribution < 1.29 is 9.50 Å². The number of aromatic nitrogens is 4. The molecular weight excluding hydrogens is 341 g/mol. The molecule has 112 valence electrons. The fourth-order valence-corrected chi connectivity index (χ4v) is 3.11. The van der Waals surface area contributed by atoms with Crippen molar-refractivity contribution in [2.45, 2.75) is 18.4 Å². The van der Waals surface area contributed by atoms with Crippen LogP contribution in [-0.2, 0) is 12.6 Å². The Balaban J connectivity index is 1.77. The third kappa shape index (κ3) is 2.77. The summed E-state index contributed by atoms with van der Waals surface area (Å²) in [4.78, 5) is 9.83. The molecule has 1 aliphatic heterocycles. The number of rotatable bonds is 2. The highest BCUT2D eigenvalue weighted by atomic mass is 79.9. The Kier molecular flexibility index (Phi) is 3.66. The molecule has 0 radical (unpaired) electrons. The maximum Gasteiger partial charge on any atom is 0.215 e.